The lowest BCUT2D eigenvalue weighted by molar-refractivity contribution is -0.138. The summed E-state index contributed by atoms with van der Waals surface area (Å²) in [7, 11) is 0. The molecule has 104 valence electrons. The molecule has 1 N–H and O–H groups in total. The molecular weight excluding hydrogens is 304 g/mol. The Balaban J connectivity index is 2.34. The highest BCUT2D eigenvalue weighted by Gasteiger charge is 2.25. The average Bonchev–Trinajstić information content (AvgIpc) is 2.36. The van der Waals surface area contributed by atoms with Gasteiger partial charge in [0.15, 0.2) is 0 Å². The largest absolute Gasteiger partial charge is 0.481 e. The third-order valence-corrected chi connectivity index (χ3v) is 3.24. The monoisotopic (exact) mass is 313 g/mol. The molecule has 20 heavy (non-hydrogen) atoms. The van der Waals surface area contributed by atoms with E-state index in [0.717, 1.165) is 6.07 Å². The summed E-state index contributed by atoms with van der Waals surface area (Å²) in [5.74, 6) is -2.98. The van der Waals surface area contributed by atoms with Crippen LogP contribution in [0.25, 0.3) is 0 Å². The topological polar surface area (TPSA) is 50.2 Å². The average molecular weight is 314 g/mol. The predicted octanol–water partition coefficient (Wildman–Crippen LogP) is 3.94. The second-order valence-corrected chi connectivity index (χ2v) is 5.12. The fourth-order valence-corrected chi connectivity index (χ4v) is 2.24. The number of carbonyl (C=O) groups is 1. The molecule has 3 nitrogen and oxygen atoms in total. The van der Waals surface area contributed by atoms with Gasteiger partial charge < -0.3 is 5.11 Å². The zero-order valence-corrected chi connectivity index (χ0v) is 11.7. The molecule has 0 radical (unpaired) electrons. The molecule has 1 heterocycles. The van der Waals surface area contributed by atoms with E-state index >= 15 is 0 Å². The molecule has 0 fully saturated rings. The van der Waals surface area contributed by atoms with Crippen molar-refractivity contribution < 1.29 is 14.3 Å². The minimum Gasteiger partial charge on any atom is -0.481 e. The van der Waals surface area contributed by atoms with E-state index in [4.69, 9.17) is 23.2 Å². The van der Waals surface area contributed by atoms with Gasteiger partial charge in [-0.05, 0) is 30.2 Å². The Bertz CT molecular complexity index is 649. The molecule has 0 amide bonds. The van der Waals surface area contributed by atoms with Crippen molar-refractivity contribution in [2.45, 2.75) is 12.3 Å². The fraction of sp³-hybridized carbons (Fsp3) is 0.143. The second kappa shape index (κ2) is 6.20. The Morgan fingerprint density at radius 3 is 2.65 bits per heavy atom. The van der Waals surface area contributed by atoms with Gasteiger partial charge in [0.2, 0.25) is 0 Å². The molecule has 0 aliphatic carbocycles. The van der Waals surface area contributed by atoms with E-state index < -0.39 is 17.7 Å². The van der Waals surface area contributed by atoms with Crippen LogP contribution in [-0.4, -0.2) is 16.1 Å². The Kier molecular flexibility index (Phi) is 4.57. The van der Waals surface area contributed by atoms with Gasteiger partial charge in [0.25, 0.3) is 0 Å². The molecule has 1 aromatic carbocycles. The Morgan fingerprint density at radius 1 is 1.30 bits per heavy atom. The first-order valence-electron chi connectivity index (χ1n) is 5.75. The van der Waals surface area contributed by atoms with Crippen molar-refractivity contribution in [2.75, 3.05) is 0 Å². The number of halogens is 3. The molecule has 0 saturated heterocycles. The summed E-state index contributed by atoms with van der Waals surface area (Å²) >= 11 is 11.5. The Hall–Kier alpha value is -1.65. The normalized spacial score (nSPS) is 12.2. The smallest absolute Gasteiger partial charge is 0.313 e. The zero-order valence-electron chi connectivity index (χ0n) is 10.2. The molecule has 1 aromatic heterocycles. The van der Waals surface area contributed by atoms with Gasteiger partial charge in [-0.1, -0.05) is 35.3 Å². The van der Waals surface area contributed by atoms with Crippen LogP contribution in [0.1, 0.15) is 17.2 Å². The number of hydrogen-bond acceptors (Lipinski definition) is 2. The summed E-state index contributed by atoms with van der Waals surface area (Å²) in [6, 6.07) is 7.82. The van der Waals surface area contributed by atoms with Crippen molar-refractivity contribution in [3.8, 4) is 0 Å². The molecule has 0 bridgehead atoms. The van der Waals surface area contributed by atoms with Crippen LogP contribution in [-0.2, 0) is 11.2 Å². The van der Waals surface area contributed by atoms with Crippen LogP contribution in [0.3, 0.4) is 0 Å². The molecular formula is C14H10Cl2FNO2. The lowest BCUT2D eigenvalue weighted by atomic mass is 9.95. The van der Waals surface area contributed by atoms with Gasteiger partial charge >= 0.3 is 5.97 Å². The number of nitrogens with zero attached hydrogens (tertiary/aromatic N) is 1. The summed E-state index contributed by atoms with van der Waals surface area (Å²) in [4.78, 5) is 15.2. The maximum atomic E-state index is 13.8. The third kappa shape index (κ3) is 3.46. The number of hydrogen-bond donors (Lipinski definition) is 1. The second-order valence-electron chi connectivity index (χ2n) is 4.25. The van der Waals surface area contributed by atoms with Gasteiger partial charge in [-0.2, -0.15) is 0 Å². The Labute approximate surface area is 125 Å². The lowest BCUT2D eigenvalue weighted by Crippen LogP contribution is -2.17. The van der Waals surface area contributed by atoms with Crippen molar-refractivity contribution in [3.05, 3.63) is 63.6 Å². The highest BCUT2D eigenvalue weighted by molar-refractivity contribution is 6.30. The van der Waals surface area contributed by atoms with Crippen LogP contribution in [0.4, 0.5) is 4.39 Å². The zero-order chi connectivity index (χ0) is 14.7. The minimum absolute atomic E-state index is 0.0987. The van der Waals surface area contributed by atoms with Crippen LogP contribution < -0.4 is 0 Å². The molecule has 0 aliphatic rings. The lowest BCUT2D eigenvalue weighted by Gasteiger charge is -2.13. The van der Waals surface area contributed by atoms with Crippen molar-refractivity contribution >= 4 is 29.2 Å². The van der Waals surface area contributed by atoms with Crippen LogP contribution >= 0.6 is 23.2 Å². The van der Waals surface area contributed by atoms with Crippen LogP contribution in [0.15, 0.2) is 36.5 Å². The standard InChI is InChI=1S/C14H10Cl2FNO2/c15-9-3-1-2-8(4-9)5-11(14(19)20)13-12(17)6-10(16)7-18-13/h1-4,6-7,11H,5H2,(H,19,20). The maximum absolute atomic E-state index is 13.8. The van der Waals surface area contributed by atoms with Gasteiger partial charge in [0.05, 0.1) is 10.7 Å². The van der Waals surface area contributed by atoms with E-state index in [0.29, 0.717) is 10.6 Å². The van der Waals surface area contributed by atoms with E-state index in [-0.39, 0.29) is 17.1 Å². The third-order valence-electron chi connectivity index (χ3n) is 2.79. The molecule has 2 aromatic rings. The van der Waals surface area contributed by atoms with Crippen molar-refractivity contribution in [2.24, 2.45) is 0 Å². The summed E-state index contributed by atoms with van der Waals surface area (Å²) in [5.41, 5.74) is 0.558. The van der Waals surface area contributed by atoms with Crippen molar-refractivity contribution in [3.63, 3.8) is 0 Å². The van der Waals surface area contributed by atoms with E-state index in [1.165, 1.54) is 6.20 Å². The molecule has 6 heteroatoms. The van der Waals surface area contributed by atoms with Crippen LogP contribution in [0, 0.1) is 5.82 Å². The number of aliphatic carboxylic acids is 1. The minimum atomic E-state index is -1.15. The first kappa shape index (κ1) is 14.8. The highest BCUT2D eigenvalue weighted by Crippen LogP contribution is 2.25. The SMILES string of the molecule is O=C(O)C(Cc1cccc(Cl)c1)c1ncc(Cl)cc1F. The van der Waals surface area contributed by atoms with E-state index in [2.05, 4.69) is 4.98 Å². The first-order chi connectivity index (χ1) is 9.47. The first-order valence-corrected chi connectivity index (χ1v) is 6.51. The maximum Gasteiger partial charge on any atom is 0.313 e. The number of pyridine rings is 1. The van der Waals surface area contributed by atoms with Crippen molar-refractivity contribution in [1.29, 1.82) is 0 Å². The quantitative estimate of drug-likeness (QED) is 0.930. The highest BCUT2D eigenvalue weighted by atomic mass is 35.5. The Morgan fingerprint density at radius 2 is 2.05 bits per heavy atom. The van der Waals surface area contributed by atoms with Crippen LogP contribution in [0.2, 0.25) is 10.0 Å². The number of carboxylic acids is 1. The number of rotatable bonds is 4. The van der Waals surface area contributed by atoms with Crippen LogP contribution in [0.5, 0.6) is 0 Å². The summed E-state index contributed by atoms with van der Waals surface area (Å²) in [6.07, 6.45) is 1.33. The summed E-state index contributed by atoms with van der Waals surface area (Å²) in [6.45, 7) is 0. The molecule has 2 rings (SSSR count). The summed E-state index contributed by atoms with van der Waals surface area (Å²) in [5, 5.41) is 9.90. The number of benzene rings is 1. The van der Waals surface area contributed by atoms with Gasteiger partial charge in [0.1, 0.15) is 11.7 Å². The molecule has 0 spiro atoms. The molecule has 0 saturated carbocycles. The van der Waals surface area contributed by atoms with E-state index in [9.17, 15) is 14.3 Å². The van der Waals surface area contributed by atoms with Gasteiger partial charge in [-0.15, -0.1) is 0 Å². The number of carboxylic acid groups (broad SMARTS) is 1. The van der Waals surface area contributed by atoms with Crippen molar-refractivity contribution in [1.82, 2.24) is 4.98 Å². The molecule has 1 atom stereocenters. The summed E-state index contributed by atoms with van der Waals surface area (Å²) < 4.78 is 13.8. The molecule has 1 unspecified atom stereocenters. The predicted molar refractivity (Wildman–Crippen MR) is 74.7 cm³/mol. The van der Waals surface area contributed by atoms with Gasteiger partial charge in [0, 0.05) is 11.2 Å². The van der Waals surface area contributed by atoms with E-state index in [1.54, 1.807) is 24.3 Å². The van der Waals surface area contributed by atoms with E-state index in [1.807, 2.05) is 0 Å². The number of aromatic nitrogens is 1. The van der Waals surface area contributed by atoms with Gasteiger partial charge in [-0.25, -0.2) is 4.39 Å². The molecule has 0 aliphatic heterocycles. The fourth-order valence-electron chi connectivity index (χ4n) is 1.88. The van der Waals surface area contributed by atoms with Gasteiger partial charge in [-0.3, -0.25) is 9.78 Å².